The molecule has 0 aliphatic rings. The Labute approximate surface area is 99.1 Å². The number of hydrogen-bond acceptors (Lipinski definition) is 3. The van der Waals surface area contributed by atoms with E-state index >= 15 is 0 Å². The molecule has 0 aromatic rings. The Hall–Kier alpha value is -0.610. The fraction of sp³-hybridized carbons (Fsp3) is 0.917. The summed E-state index contributed by atoms with van der Waals surface area (Å²) in [4.78, 5) is 11.4. The van der Waals surface area contributed by atoms with Gasteiger partial charge in [0.15, 0.2) is 0 Å². The van der Waals surface area contributed by atoms with Crippen molar-refractivity contribution in [3.05, 3.63) is 0 Å². The number of carbonyl (C=O) groups excluding carboxylic acids is 1. The van der Waals surface area contributed by atoms with E-state index in [1.54, 1.807) is 0 Å². The number of hydrogen-bond donors (Lipinski definition) is 2. The number of nitrogens with one attached hydrogen (secondary N) is 2. The van der Waals surface area contributed by atoms with Crippen molar-refractivity contribution in [3.63, 3.8) is 0 Å². The highest BCUT2D eigenvalue weighted by molar-refractivity contribution is 5.76. The third-order valence-corrected chi connectivity index (χ3v) is 1.89. The summed E-state index contributed by atoms with van der Waals surface area (Å²) in [6.45, 7) is 11.1. The molecule has 0 spiro atoms. The molecule has 0 saturated carbocycles. The molecule has 0 aliphatic carbocycles. The zero-order valence-electron chi connectivity index (χ0n) is 11.1. The molecule has 0 unspecified atom stereocenters. The van der Waals surface area contributed by atoms with Gasteiger partial charge in [0.05, 0.1) is 0 Å². The maximum absolute atomic E-state index is 11.4. The van der Waals surface area contributed by atoms with Crippen LogP contribution in [0.2, 0.25) is 0 Å². The van der Waals surface area contributed by atoms with Crippen molar-refractivity contribution in [2.24, 2.45) is 0 Å². The molecule has 2 N–H and O–H groups in total. The minimum atomic E-state index is -0.133. The van der Waals surface area contributed by atoms with Crippen LogP contribution in [0.4, 0.5) is 0 Å². The van der Waals surface area contributed by atoms with Crippen LogP contribution in [0.25, 0.3) is 0 Å². The van der Waals surface area contributed by atoms with Gasteiger partial charge in [-0.3, -0.25) is 4.79 Å². The Morgan fingerprint density at radius 1 is 1.25 bits per heavy atom. The van der Waals surface area contributed by atoms with E-state index in [9.17, 15) is 4.79 Å². The number of carbonyl (C=O) groups is 1. The average molecular weight is 230 g/mol. The molecule has 4 heteroatoms. The summed E-state index contributed by atoms with van der Waals surface area (Å²) in [7, 11) is 0. The smallest absolute Gasteiger partial charge is 0.221 e. The summed E-state index contributed by atoms with van der Waals surface area (Å²) < 4.78 is 5.21. The van der Waals surface area contributed by atoms with Crippen molar-refractivity contribution in [1.29, 1.82) is 0 Å². The molecule has 16 heavy (non-hydrogen) atoms. The van der Waals surface area contributed by atoms with Crippen LogP contribution >= 0.6 is 0 Å². The van der Waals surface area contributed by atoms with Crippen LogP contribution in [0.3, 0.4) is 0 Å². The van der Waals surface area contributed by atoms with E-state index in [2.05, 4.69) is 10.6 Å². The topological polar surface area (TPSA) is 50.4 Å². The molecule has 0 bridgehead atoms. The van der Waals surface area contributed by atoms with Crippen LogP contribution in [-0.2, 0) is 9.53 Å². The quantitative estimate of drug-likeness (QED) is 0.618. The fourth-order valence-electron chi connectivity index (χ4n) is 1.25. The van der Waals surface area contributed by atoms with Gasteiger partial charge in [0.25, 0.3) is 0 Å². The molecule has 0 radical (unpaired) electrons. The number of amides is 1. The Balaban J connectivity index is 3.28. The first-order valence-electron chi connectivity index (χ1n) is 6.05. The van der Waals surface area contributed by atoms with Gasteiger partial charge >= 0.3 is 0 Å². The van der Waals surface area contributed by atoms with E-state index < -0.39 is 0 Å². The first-order chi connectivity index (χ1) is 7.45. The van der Waals surface area contributed by atoms with Crippen LogP contribution in [0.5, 0.6) is 0 Å². The second-order valence-electron chi connectivity index (χ2n) is 4.85. The highest BCUT2D eigenvalue weighted by atomic mass is 16.5. The molecule has 0 rings (SSSR count). The van der Waals surface area contributed by atoms with Gasteiger partial charge < -0.3 is 15.4 Å². The Morgan fingerprint density at radius 3 is 2.50 bits per heavy atom. The zero-order chi connectivity index (χ0) is 12.4. The molecular weight excluding hydrogens is 204 g/mol. The normalized spacial score (nSPS) is 11.5. The van der Waals surface area contributed by atoms with Gasteiger partial charge in [0, 0.05) is 31.7 Å². The highest BCUT2D eigenvalue weighted by Crippen LogP contribution is 1.98. The van der Waals surface area contributed by atoms with Gasteiger partial charge in [-0.05, 0) is 40.7 Å². The highest BCUT2D eigenvalue weighted by Gasteiger charge is 2.12. The molecule has 0 atom stereocenters. The van der Waals surface area contributed by atoms with Crippen LogP contribution in [-0.4, -0.2) is 37.7 Å². The van der Waals surface area contributed by atoms with Crippen LogP contribution < -0.4 is 10.6 Å². The number of rotatable bonds is 8. The van der Waals surface area contributed by atoms with Gasteiger partial charge in [0.1, 0.15) is 0 Å². The molecule has 0 aromatic carbocycles. The molecule has 0 aliphatic heterocycles. The molecule has 4 nitrogen and oxygen atoms in total. The summed E-state index contributed by atoms with van der Waals surface area (Å²) in [5.74, 6) is 0.102. The van der Waals surface area contributed by atoms with Gasteiger partial charge in [-0.15, -0.1) is 0 Å². The van der Waals surface area contributed by atoms with Crippen molar-refractivity contribution < 1.29 is 9.53 Å². The number of ether oxygens (including phenoxy) is 1. The molecule has 96 valence electrons. The van der Waals surface area contributed by atoms with Crippen molar-refractivity contribution >= 4 is 5.91 Å². The van der Waals surface area contributed by atoms with E-state index in [-0.39, 0.29) is 11.4 Å². The first kappa shape index (κ1) is 15.4. The van der Waals surface area contributed by atoms with Crippen LogP contribution in [0.15, 0.2) is 0 Å². The minimum Gasteiger partial charge on any atom is -0.382 e. The summed E-state index contributed by atoms with van der Waals surface area (Å²) in [5, 5.41) is 6.15. The van der Waals surface area contributed by atoms with Crippen molar-refractivity contribution in [1.82, 2.24) is 10.6 Å². The molecule has 0 saturated heterocycles. The standard InChI is InChI=1S/C12H26N2O2/c1-5-16-10-6-8-13-9-7-11(15)14-12(2,3)4/h13H,5-10H2,1-4H3,(H,14,15). The molecule has 0 aromatic heterocycles. The minimum absolute atomic E-state index is 0.102. The predicted octanol–water partition coefficient (Wildman–Crippen LogP) is 1.31. The monoisotopic (exact) mass is 230 g/mol. The van der Waals surface area contributed by atoms with Crippen molar-refractivity contribution in [2.75, 3.05) is 26.3 Å². The van der Waals surface area contributed by atoms with E-state index in [0.29, 0.717) is 6.42 Å². The average Bonchev–Trinajstić information content (AvgIpc) is 2.13. The van der Waals surface area contributed by atoms with Crippen molar-refractivity contribution in [3.8, 4) is 0 Å². The van der Waals surface area contributed by atoms with Gasteiger partial charge in [-0.1, -0.05) is 0 Å². The second kappa shape index (κ2) is 8.53. The van der Waals surface area contributed by atoms with Gasteiger partial charge in [0.2, 0.25) is 5.91 Å². The molecule has 1 amide bonds. The van der Waals surface area contributed by atoms with E-state index in [4.69, 9.17) is 4.74 Å². The molecule has 0 heterocycles. The summed E-state index contributed by atoms with van der Waals surface area (Å²) in [6, 6.07) is 0. The summed E-state index contributed by atoms with van der Waals surface area (Å²) in [6.07, 6.45) is 1.53. The van der Waals surface area contributed by atoms with Crippen LogP contribution in [0, 0.1) is 0 Å². The Bertz CT molecular complexity index is 188. The first-order valence-corrected chi connectivity index (χ1v) is 6.05. The maximum Gasteiger partial charge on any atom is 0.221 e. The van der Waals surface area contributed by atoms with Gasteiger partial charge in [-0.2, -0.15) is 0 Å². The lowest BCUT2D eigenvalue weighted by Crippen LogP contribution is -2.41. The second-order valence-corrected chi connectivity index (χ2v) is 4.85. The third-order valence-electron chi connectivity index (χ3n) is 1.89. The maximum atomic E-state index is 11.4. The summed E-state index contributed by atoms with van der Waals surface area (Å²) in [5.41, 5.74) is -0.133. The lowest BCUT2D eigenvalue weighted by atomic mass is 10.1. The predicted molar refractivity (Wildman–Crippen MR) is 66.5 cm³/mol. The van der Waals surface area contributed by atoms with E-state index in [1.807, 2.05) is 27.7 Å². The zero-order valence-corrected chi connectivity index (χ0v) is 11.1. The fourth-order valence-corrected chi connectivity index (χ4v) is 1.25. The van der Waals surface area contributed by atoms with E-state index in [0.717, 1.165) is 32.7 Å². The third kappa shape index (κ3) is 11.5. The van der Waals surface area contributed by atoms with Crippen LogP contribution in [0.1, 0.15) is 40.5 Å². The van der Waals surface area contributed by atoms with E-state index in [1.165, 1.54) is 0 Å². The van der Waals surface area contributed by atoms with Gasteiger partial charge in [-0.25, -0.2) is 0 Å². The summed E-state index contributed by atoms with van der Waals surface area (Å²) >= 11 is 0. The largest absolute Gasteiger partial charge is 0.382 e. The Morgan fingerprint density at radius 2 is 1.94 bits per heavy atom. The van der Waals surface area contributed by atoms with Crippen molar-refractivity contribution in [2.45, 2.75) is 46.1 Å². The lowest BCUT2D eigenvalue weighted by molar-refractivity contribution is -0.122. The molecular formula is C12H26N2O2. The molecule has 0 fully saturated rings. The Kier molecular flexibility index (Phi) is 8.21. The SMILES string of the molecule is CCOCCCNCCC(=O)NC(C)(C)C. The lowest BCUT2D eigenvalue weighted by Gasteiger charge is -2.20.